The van der Waals surface area contributed by atoms with E-state index in [-0.39, 0.29) is 17.0 Å². The Bertz CT molecular complexity index is 560. The minimum Gasteiger partial charge on any atom is -0.327 e. The molecule has 2 N–H and O–H groups in total. The van der Waals surface area contributed by atoms with Gasteiger partial charge in [0.1, 0.15) is 0 Å². The van der Waals surface area contributed by atoms with Crippen LogP contribution in [-0.4, -0.2) is 19.7 Å². The van der Waals surface area contributed by atoms with Crippen molar-refractivity contribution in [3.05, 3.63) is 34.9 Å². The van der Waals surface area contributed by atoms with Gasteiger partial charge < -0.3 is 5.73 Å². The summed E-state index contributed by atoms with van der Waals surface area (Å²) in [5.41, 5.74) is 9.29. The lowest BCUT2D eigenvalue weighted by atomic mass is 9.97. The topological polar surface area (TPSA) is 60.2 Å². The largest absolute Gasteiger partial charge is 0.327 e. The van der Waals surface area contributed by atoms with Gasteiger partial charge in [-0.15, -0.1) is 0 Å². The molecule has 21 heavy (non-hydrogen) atoms. The predicted molar refractivity (Wildman–Crippen MR) is 88.0 cm³/mol. The molecule has 0 radical (unpaired) electrons. The number of aryl methyl sites for hydroxylation is 2. The zero-order valence-corrected chi connectivity index (χ0v) is 14.0. The van der Waals surface area contributed by atoms with Gasteiger partial charge in [-0.25, -0.2) is 8.42 Å². The van der Waals surface area contributed by atoms with E-state index < -0.39 is 9.84 Å². The molecule has 0 aromatic heterocycles. The van der Waals surface area contributed by atoms with E-state index in [2.05, 4.69) is 6.07 Å². The zero-order chi connectivity index (χ0) is 15.5. The van der Waals surface area contributed by atoms with E-state index >= 15 is 0 Å². The summed E-state index contributed by atoms with van der Waals surface area (Å²) in [6.45, 7) is 4.01. The molecule has 1 saturated carbocycles. The van der Waals surface area contributed by atoms with Gasteiger partial charge in [0.25, 0.3) is 0 Å². The standard InChI is InChI=1S/C17H27NO2S/c1-13-9-14(2)11-15(10-13)12-21(19,20)17-8-6-4-3-5-7-16(17)18/h9-11,16-17H,3-8,12,18H2,1-2H3. The maximum absolute atomic E-state index is 12.8. The summed E-state index contributed by atoms with van der Waals surface area (Å²) >= 11 is 0. The highest BCUT2D eigenvalue weighted by molar-refractivity contribution is 7.91. The molecule has 118 valence electrons. The maximum Gasteiger partial charge on any atom is 0.158 e. The molecular formula is C17H27NO2S. The Morgan fingerprint density at radius 3 is 2.19 bits per heavy atom. The first-order chi connectivity index (χ1) is 9.88. The molecule has 2 unspecified atom stereocenters. The monoisotopic (exact) mass is 309 g/mol. The Morgan fingerprint density at radius 2 is 1.57 bits per heavy atom. The third-order valence-electron chi connectivity index (χ3n) is 4.36. The van der Waals surface area contributed by atoms with Crippen LogP contribution in [0.3, 0.4) is 0 Å². The molecule has 3 nitrogen and oxygen atoms in total. The van der Waals surface area contributed by atoms with E-state index in [0.717, 1.165) is 42.4 Å². The van der Waals surface area contributed by atoms with Crippen molar-refractivity contribution >= 4 is 9.84 Å². The summed E-state index contributed by atoms with van der Waals surface area (Å²) in [5, 5.41) is -0.376. The number of rotatable bonds is 3. The van der Waals surface area contributed by atoms with Crippen LogP contribution in [0.4, 0.5) is 0 Å². The number of benzene rings is 1. The predicted octanol–water partition coefficient (Wildman–Crippen LogP) is 3.27. The van der Waals surface area contributed by atoms with Crippen LogP contribution in [0, 0.1) is 13.8 Å². The molecule has 4 heteroatoms. The molecule has 0 amide bonds. The SMILES string of the molecule is Cc1cc(C)cc(CS(=O)(=O)C2CCCCCCC2N)c1. The number of hydrogen-bond acceptors (Lipinski definition) is 3. The van der Waals surface area contributed by atoms with Crippen molar-refractivity contribution in [1.82, 2.24) is 0 Å². The van der Waals surface area contributed by atoms with Gasteiger partial charge in [0.2, 0.25) is 0 Å². The van der Waals surface area contributed by atoms with Crippen LogP contribution < -0.4 is 5.73 Å². The van der Waals surface area contributed by atoms with E-state index in [1.54, 1.807) is 0 Å². The highest BCUT2D eigenvalue weighted by Crippen LogP contribution is 2.25. The molecule has 1 aliphatic rings. The third-order valence-corrected chi connectivity index (χ3v) is 6.61. The van der Waals surface area contributed by atoms with Crippen LogP contribution in [0.25, 0.3) is 0 Å². The molecule has 0 bridgehead atoms. The molecule has 2 atom stereocenters. The van der Waals surface area contributed by atoms with Gasteiger partial charge in [-0.05, 0) is 32.3 Å². The Morgan fingerprint density at radius 1 is 1.00 bits per heavy atom. The molecule has 1 aliphatic carbocycles. The lowest BCUT2D eigenvalue weighted by molar-refractivity contribution is 0.443. The highest BCUT2D eigenvalue weighted by atomic mass is 32.2. The fourth-order valence-corrected chi connectivity index (χ4v) is 5.46. The average molecular weight is 309 g/mol. The van der Waals surface area contributed by atoms with Crippen molar-refractivity contribution in [1.29, 1.82) is 0 Å². The van der Waals surface area contributed by atoms with E-state index in [4.69, 9.17) is 5.73 Å². The van der Waals surface area contributed by atoms with Crippen molar-refractivity contribution in [2.45, 2.75) is 69.4 Å². The van der Waals surface area contributed by atoms with Crippen molar-refractivity contribution in [2.75, 3.05) is 0 Å². The van der Waals surface area contributed by atoms with Gasteiger partial charge in [-0.3, -0.25) is 0 Å². The van der Waals surface area contributed by atoms with E-state index in [0.29, 0.717) is 6.42 Å². The minimum atomic E-state index is -3.18. The minimum absolute atomic E-state index is 0.119. The van der Waals surface area contributed by atoms with Crippen molar-refractivity contribution in [3.8, 4) is 0 Å². The second-order valence-electron chi connectivity index (χ2n) is 6.50. The summed E-state index contributed by atoms with van der Waals surface area (Å²) < 4.78 is 25.5. The fourth-order valence-electron chi connectivity index (χ4n) is 3.42. The van der Waals surface area contributed by atoms with Gasteiger partial charge in [0.05, 0.1) is 11.0 Å². The summed E-state index contributed by atoms with van der Waals surface area (Å²) in [4.78, 5) is 0. The summed E-state index contributed by atoms with van der Waals surface area (Å²) in [6, 6.07) is 5.80. The summed E-state index contributed by atoms with van der Waals surface area (Å²) in [5.74, 6) is 0.119. The van der Waals surface area contributed by atoms with Crippen LogP contribution in [0.1, 0.15) is 55.2 Å². The Labute approximate surface area is 128 Å². The first-order valence-corrected chi connectivity index (χ1v) is 9.64. The average Bonchev–Trinajstić information content (AvgIpc) is 2.31. The van der Waals surface area contributed by atoms with Gasteiger partial charge in [0.15, 0.2) is 9.84 Å². The van der Waals surface area contributed by atoms with E-state index in [9.17, 15) is 8.42 Å². The van der Waals surface area contributed by atoms with E-state index in [1.807, 2.05) is 26.0 Å². The maximum atomic E-state index is 12.8. The zero-order valence-electron chi connectivity index (χ0n) is 13.1. The first kappa shape index (κ1) is 16.5. The molecule has 0 saturated heterocycles. The number of sulfone groups is 1. The lowest BCUT2D eigenvalue weighted by Crippen LogP contribution is -2.41. The molecular weight excluding hydrogens is 282 g/mol. The summed E-state index contributed by atoms with van der Waals surface area (Å²) in [7, 11) is -3.18. The normalized spacial score (nSPS) is 24.3. The molecule has 0 spiro atoms. The smallest absolute Gasteiger partial charge is 0.158 e. The van der Waals surface area contributed by atoms with Gasteiger partial charge in [-0.1, -0.05) is 55.0 Å². The van der Waals surface area contributed by atoms with Gasteiger partial charge in [0, 0.05) is 6.04 Å². The first-order valence-electron chi connectivity index (χ1n) is 7.93. The third kappa shape index (κ3) is 4.55. The highest BCUT2D eigenvalue weighted by Gasteiger charge is 2.31. The van der Waals surface area contributed by atoms with Crippen molar-refractivity contribution in [2.24, 2.45) is 5.73 Å². The Hall–Kier alpha value is -0.870. The summed E-state index contributed by atoms with van der Waals surface area (Å²) in [6.07, 6.45) is 5.88. The van der Waals surface area contributed by atoms with Crippen LogP contribution in [0.2, 0.25) is 0 Å². The number of nitrogens with two attached hydrogens (primary N) is 1. The molecule has 0 aliphatic heterocycles. The van der Waals surface area contributed by atoms with Crippen molar-refractivity contribution < 1.29 is 8.42 Å². The Kier molecular flexibility index (Phi) is 5.44. The molecule has 2 rings (SSSR count). The van der Waals surface area contributed by atoms with E-state index in [1.165, 1.54) is 6.42 Å². The fraction of sp³-hybridized carbons (Fsp3) is 0.647. The second kappa shape index (κ2) is 6.93. The molecule has 1 aromatic carbocycles. The molecule has 1 fully saturated rings. The molecule has 0 heterocycles. The quantitative estimate of drug-likeness (QED) is 0.932. The van der Waals surface area contributed by atoms with Crippen LogP contribution >= 0.6 is 0 Å². The van der Waals surface area contributed by atoms with Crippen molar-refractivity contribution in [3.63, 3.8) is 0 Å². The van der Waals surface area contributed by atoms with Gasteiger partial charge >= 0.3 is 0 Å². The van der Waals surface area contributed by atoms with Gasteiger partial charge in [-0.2, -0.15) is 0 Å². The van der Waals surface area contributed by atoms with Crippen LogP contribution in [0.15, 0.2) is 18.2 Å². The second-order valence-corrected chi connectivity index (χ2v) is 8.72. The lowest BCUT2D eigenvalue weighted by Gasteiger charge is -2.26. The number of hydrogen-bond donors (Lipinski definition) is 1. The Balaban J connectivity index is 2.19. The molecule has 1 aromatic rings. The van der Waals surface area contributed by atoms with Crippen LogP contribution in [-0.2, 0) is 15.6 Å². The van der Waals surface area contributed by atoms with Crippen LogP contribution in [0.5, 0.6) is 0 Å².